The van der Waals surface area contributed by atoms with E-state index < -0.39 is 5.72 Å². The summed E-state index contributed by atoms with van der Waals surface area (Å²) in [6.45, 7) is 3.53. The van der Waals surface area contributed by atoms with Gasteiger partial charge in [0.25, 0.3) is 0 Å². The van der Waals surface area contributed by atoms with Crippen LogP contribution in [0.25, 0.3) is 6.08 Å². The Morgan fingerprint density at radius 2 is 1.73 bits per heavy atom. The molecule has 0 aliphatic heterocycles. The molecule has 0 unspecified atom stereocenters. The number of hydrogen-bond donors (Lipinski definition) is 1. The zero-order valence-corrected chi connectivity index (χ0v) is 12.9. The molecule has 114 valence electrons. The Labute approximate surface area is 130 Å². The van der Waals surface area contributed by atoms with Gasteiger partial charge < -0.3 is 10.1 Å². The summed E-state index contributed by atoms with van der Waals surface area (Å²) in [4.78, 5) is 23.8. The van der Waals surface area contributed by atoms with Crippen LogP contribution in [0.2, 0.25) is 0 Å². The smallest absolute Gasteiger partial charge is 0.246 e. The standard InChI is InChI=1S/C18H19NO3/c1-13-11-16(20)12-14(2)18(13,22-3)19-17(21)10-9-15-7-5-4-6-8-15/h4-12H,1-3H3,(H,19,21)/b10-9+. The number of ether oxygens (including phenoxy) is 1. The van der Waals surface area contributed by atoms with Crippen molar-refractivity contribution in [3.05, 3.63) is 65.3 Å². The second-order valence-electron chi connectivity index (χ2n) is 5.18. The number of carbonyl (C=O) groups excluding carboxylic acids is 2. The minimum Gasteiger partial charge on any atom is -0.351 e. The average molecular weight is 297 g/mol. The number of allylic oxidation sites excluding steroid dienone is 2. The van der Waals surface area contributed by atoms with Crippen molar-refractivity contribution in [1.82, 2.24) is 5.32 Å². The third-order valence-corrected chi connectivity index (χ3v) is 3.66. The fourth-order valence-electron chi connectivity index (χ4n) is 2.50. The van der Waals surface area contributed by atoms with Crippen LogP contribution in [-0.4, -0.2) is 24.5 Å². The maximum absolute atomic E-state index is 12.2. The molecule has 1 aliphatic rings. The van der Waals surface area contributed by atoms with Gasteiger partial charge in [-0.3, -0.25) is 9.59 Å². The predicted molar refractivity (Wildman–Crippen MR) is 85.9 cm³/mol. The van der Waals surface area contributed by atoms with Crippen LogP contribution in [0.1, 0.15) is 19.4 Å². The summed E-state index contributed by atoms with van der Waals surface area (Å²) < 4.78 is 5.52. The Bertz CT molecular complexity index is 647. The number of ketones is 1. The molecule has 4 nitrogen and oxygen atoms in total. The molecule has 4 heteroatoms. The number of nitrogens with one attached hydrogen (secondary N) is 1. The molecular weight excluding hydrogens is 278 g/mol. The van der Waals surface area contributed by atoms with Gasteiger partial charge in [0.15, 0.2) is 11.5 Å². The van der Waals surface area contributed by atoms with Gasteiger partial charge in [-0.1, -0.05) is 30.3 Å². The van der Waals surface area contributed by atoms with Gasteiger partial charge in [0, 0.05) is 13.2 Å². The lowest BCUT2D eigenvalue weighted by atomic mass is 9.89. The van der Waals surface area contributed by atoms with E-state index in [2.05, 4.69) is 5.32 Å². The molecule has 0 atom stereocenters. The number of hydrogen-bond acceptors (Lipinski definition) is 3. The fourth-order valence-corrected chi connectivity index (χ4v) is 2.50. The van der Waals surface area contributed by atoms with Gasteiger partial charge in [-0.25, -0.2) is 0 Å². The first-order chi connectivity index (χ1) is 10.5. The molecule has 0 heterocycles. The molecule has 0 radical (unpaired) electrons. The fraction of sp³-hybridized carbons (Fsp3) is 0.222. The number of benzene rings is 1. The molecule has 0 spiro atoms. The highest BCUT2D eigenvalue weighted by molar-refractivity contribution is 6.02. The van der Waals surface area contributed by atoms with Crippen molar-refractivity contribution in [2.24, 2.45) is 0 Å². The summed E-state index contributed by atoms with van der Waals surface area (Å²) in [6.07, 6.45) is 6.12. The van der Waals surface area contributed by atoms with E-state index in [1.165, 1.54) is 25.3 Å². The Kier molecular flexibility index (Phi) is 4.73. The van der Waals surface area contributed by atoms with Crippen molar-refractivity contribution < 1.29 is 14.3 Å². The van der Waals surface area contributed by atoms with E-state index in [9.17, 15) is 9.59 Å². The molecule has 0 saturated carbocycles. The molecule has 22 heavy (non-hydrogen) atoms. The van der Waals surface area contributed by atoms with E-state index in [0.29, 0.717) is 11.1 Å². The summed E-state index contributed by atoms with van der Waals surface area (Å²) in [7, 11) is 1.51. The molecule has 2 rings (SSSR count). The first kappa shape index (κ1) is 15.9. The monoisotopic (exact) mass is 297 g/mol. The molecular formula is C18H19NO3. The van der Waals surface area contributed by atoms with Crippen molar-refractivity contribution in [1.29, 1.82) is 0 Å². The summed E-state index contributed by atoms with van der Waals surface area (Å²) in [5, 5.41) is 2.84. The number of methoxy groups -OCH3 is 1. The Balaban J connectivity index is 2.18. The molecule has 1 N–H and O–H groups in total. The second kappa shape index (κ2) is 6.54. The highest BCUT2D eigenvalue weighted by Crippen LogP contribution is 2.29. The number of rotatable bonds is 4. The van der Waals surface area contributed by atoms with Crippen LogP contribution in [-0.2, 0) is 14.3 Å². The summed E-state index contributed by atoms with van der Waals surface area (Å²) in [6, 6.07) is 9.54. The van der Waals surface area contributed by atoms with Crippen molar-refractivity contribution in [2.75, 3.05) is 7.11 Å². The molecule has 1 amide bonds. The lowest BCUT2D eigenvalue weighted by Gasteiger charge is -2.36. The Hall–Kier alpha value is -2.46. The van der Waals surface area contributed by atoms with Crippen LogP contribution in [0, 0.1) is 0 Å². The lowest BCUT2D eigenvalue weighted by Crippen LogP contribution is -2.52. The minimum absolute atomic E-state index is 0.100. The summed E-state index contributed by atoms with van der Waals surface area (Å²) in [5.74, 6) is -0.391. The van der Waals surface area contributed by atoms with Crippen LogP contribution in [0.3, 0.4) is 0 Å². The van der Waals surface area contributed by atoms with Crippen LogP contribution >= 0.6 is 0 Å². The summed E-state index contributed by atoms with van der Waals surface area (Å²) >= 11 is 0. The van der Waals surface area contributed by atoms with E-state index in [1.54, 1.807) is 19.9 Å². The number of carbonyl (C=O) groups is 2. The van der Waals surface area contributed by atoms with E-state index in [1.807, 2.05) is 30.3 Å². The molecule has 0 bridgehead atoms. The minimum atomic E-state index is -1.06. The third kappa shape index (κ3) is 3.23. The normalized spacial score (nSPS) is 17.1. The first-order valence-electron chi connectivity index (χ1n) is 7.00. The van der Waals surface area contributed by atoms with Crippen molar-refractivity contribution in [3.8, 4) is 0 Å². The third-order valence-electron chi connectivity index (χ3n) is 3.66. The van der Waals surface area contributed by atoms with E-state index >= 15 is 0 Å². The molecule has 0 fully saturated rings. The molecule has 0 saturated heterocycles. The van der Waals surface area contributed by atoms with Gasteiger partial charge in [0.1, 0.15) is 0 Å². The van der Waals surface area contributed by atoms with Crippen molar-refractivity contribution >= 4 is 17.8 Å². The van der Waals surface area contributed by atoms with Crippen molar-refractivity contribution in [3.63, 3.8) is 0 Å². The average Bonchev–Trinajstić information content (AvgIpc) is 2.50. The topological polar surface area (TPSA) is 55.4 Å². The molecule has 1 aromatic rings. The van der Waals surface area contributed by atoms with Gasteiger partial charge in [-0.15, -0.1) is 0 Å². The summed E-state index contributed by atoms with van der Waals surface area (Å²) in [5.41, 5.74) is 1.18. The van der Waals surface area contributed by atoms with E-state index in [0.717, 1.165) is 5.56 Å². The quantitative estimate of drug-likeness (QED) is 0.686. The highest BCUT2D eigenvalue weighted by Gasteiger charge is 2.38. The first-order valence-corrected chi connectivity index (χ1v) is 7.00. The van der Waals surface area contributed by atoms with Crippen molar-refractivity contribution in [2.45, 2.75) is 19.6 Å². The van der Waals surface area contributed by atoms with Gasteiger partial charge >= 0.3 is 0 Å². The van der Waals surface area contributed by atoms with Gasteiger partial charge in [-0.05, 0) is 48.8 Å². The lowest BCUT2D eigenvalue weighted by molar-refractivity contribution is -0.122. The van der Waals surface area contributed by atoms with Gasteiger partial charge in [-0.2, -0.15) is 0 Å². The van der Waals surface area contributed by atoms with Gasteiger partial charge in [0.2, 0.25) is 5.91 Å². The molecule has 0 aromatic heterocycles. The maximum atomic E-state index is 12.2. The zero-order valence-electron chi connectivity index (χ0n) is 12.9. The zero-order chi connectivity index (χ0) is 16.2. The van der Waals surface area contributed by atoms with Crippen LogP contribution in [0.5, 0.6) is 0 Å². The largest absolute Gasteiger partial charge is 0.351 e. The second-order valence-corrected chi connectivity index (χ2v) is 5.18. The van der Waals surface area contributed by atoms with Crippen LogP contribution in [0.15, 0.2) is 59.7 Å². The Morgan fingerprint density at radius 3 is 2.27 bits per heavy atom. The van der Waals surface area contributed by atoms with Crippen LogP contribution < -0.4 is 5.32 Å². The predicted octanol–water partition coefficient (Wildman–Crippen LogP) is 2.63. The molecule has 1 aromatic carbocycles. The molecule has 1 aliphatic carbocycles. The Morgan fingerprint density at radius 1 is 1.14 bits per heavy atom. The van der Waals surface area contributed by atoms with E-state index in [-0.39, 0.29) is 11.7 Å². The number of amides is 1. The van der Waals surface area contributed by atoms with Crippen LogP contribution in [0.4, 0.5) is 0 Å². The van der Waals surface area contributed by atoms with E-state index in [4.69, 9.17) is 4.74 Å². The SMILES string of the molecule is COC1(NC(=O)/C=C/c2ccccc2)C(C)=CC(=O)C=C1C. The maximum Gasteiger partial charge on any atom is 0.246 e. The van der Waals surface area contributed by atoms with Gasteiger partial charge in [0.05, 0.1) is 0 Å². The highest BCUT2D eigenvalue weighted by atomic mass is 16.5.